The minimum Gasteiger partial charge on any atom is -0.451 e. The Hall–Kier alpha value is -3.55. The van der Waals surface area contributed by atoms with E-state index in [1.54, 1.807) is 31.2 Å². The van der Waals surface area contributed by atoms with Gasteiger partial charge < -0.3 is 9.72 Å². The molecule has 1 heterocycles. The van der Waals surface area contributed by atoms with E-state index >= 15 is 0 Å². The molecular weight excluding hydrogens is 338 g/mol. The number of para-hydroxylation sites is 1. The Kier molecular flexibility index (Phi) is 4.49. The SMILES string of the molecule is Cc1c(C(=O)O[C@@H](C)c2nc3ccccc3c(=O)[nH]2)cccc1[N+](=O)[O-]. The number of benzene rings is 2. The number of aromatic amines is 1. The average molecular weight is 353 g/mol. The van der Waals surface area contributed by atoms with Crippen LogP contribution < -0.4 is 5.56 Å². The van der Waals surface area contributed by atoms with E-state index in [1.165, 1.54) is 25.1 Å². The summed E-state index contributed by atoms with van der Waals surface area (Å²) in [7, 11) is 0. The first-order valence-electron chi connectivity index (χ1n) is 7.82. The van der Waals surface area contributed by atoms with E-state index in [2.05, 4.69) is 9.97 Å². The first-order valence-corrected chi connectivity index (χ1v) is 7.82. The summed E-state index contributed by atoms with van der Waals surface area (Å²) in [4.78, 5) is 41.9. The third-order valence-corrected chi connectivity index (χ3v) is 4.02. The summed E-state index contributed by atoms with van der Waals surface area (Å²) in [6, 6.07) is 11.0. The van der Waals surface area contributed by atoms with Crippen LogP contribution in [0.5, 0.6) is 0 Å². The Morgan fingerprint density at radius 1 is 1.23 bits per heavy atom. The minimum atomic E-state index is -0.835. The number of esters is 1. The molecule has 0 unspecified atom stereocenters. The molecule has 0 fully saturated rings. The van der Waals surface area contributed by atoms with Crippen molar-refractivity contribution in [2.24, 2.45) is 0 Å². The number of rotatable bonds is 4. The second kappa shape index (κ2) is 6.75. The molecule has 8 nitrogen and oxygen atoms in total. The van der Waals surface area contributed by atoms with Gasteiger partial charge >= 0.3 is 5.97 Å². The molecule has 0 spiro atoms. The third-order valence-electron chi connectivity index (χ3n) is 4.02. The van der Waals surface area contributed by atoms with E-state index in [9.17, 15) is 19.7 Å². The highest BCUT2D eigenvalue weighted by Crippen LogP contribution is 2.23. The van der Waals surface area contributed by atoms with Gasteiger partial charge in [-0.15, -0.1) is 0 Å². The van der Waals surface area contributed by atoms with Crippen molar-refractivity contribution in [1.29, 1.82) is 0 Å². The molecule has 3 aromatic rings. The lowest BCUT2D eigenvalue weighted by atomic mass is 10.1. The number of nitrogens with one attached hydrogen (secondary N) is 1. The van der Waals surface area contributed by atoms with Crippen LogP contribution in [0.1, 0.15) is 34.8 Å². The maximum absolute atomic E-state index is 12.4. The highest BCUT2D eigenvalue weighted by Gasteiger charge is 2.22. The molecule has 26 heavy (non-hydrogen) atoms. The summed E-state index contributed by atoms with van der Waals surface area (Å²) in [6.07, 6.45) is -0.835. The molecule has 0 aliphatic carbocycles. The number of nitro benzene ring substituents is 1. The van der Waals surface area contributed by atoms with Crippen molar-refractivity contribution >= 4 is 22.6 Å². The molecule has 0 bridgehead atoms. The Balaban J connectivity index is 1.90. The predicted molar refractivity (Wildman–Crippen MR) is 94.0 cm³/mol. The minimum absolute atomic E-state index is 0.0918. The molecule has 0 radical (unpaired) electrons. The maximum atomic E-state index is 12.4. The van der Waals surface area contributed by atoms with E-state index in [4.69, 9.17) is 4.74 Å². The Morgan fingerprint density at radius 3 is 2.69 bits per heavy atom. The second-order valence-electron chi connectivity index (χ2n) is 5.72. The van der Waals surface area contributed by atoms with E-state index in [0.717, 1.165) is 0 Å². The van der Waals surface area contributed by atoms with Gasteiger partial charge in [0, 0.05) is 11.6 Å². The van der Waals surface area contributed by atoms with Crippen LogP contribution in [0.25, 0.3) is 10.9 Å². The number of hydrogen-bond acceptors (Lipinski definition) is 6. The van der Waals surface area contributed by atoms with Crippen molar-refractivity contribution < 1.29 is 14.5 Å². The van der Waals surface area contributed by atoms with Crippen LogP contribution in [-0.2, 0) is 4.74 Å². The van der Waals surface area contributed by atoms with Gasteiger partial charge in [0.2, 0.25) is 0 Å². The second-order valence-corrected chi connectivity index (χ2v) is 5.72. The van der Waals surface area contributed by atoms with Gasteiger partial charge in [-0.25, -0.2) is 9.78 Å². The number of aromatic nitrogens is 2. The molecule has 0 aliphatic heterocycles. The Bertz CT molecular complexity index is 1070. The van der Waals surface area contributed by atoms with Gasteiger partial charge in [0.05, 0.1) is 21.4 Å². The van der Waals surface area contributed by atoms with E-state index < -0.39 is 17.0 Å². The standard InChI is InChI=1S/C18H15N3O5/c1-10-12(7-5-9-15(10)21(24)25)18(23)26-11(2)16-19-14-8-4-3-6-13(14)17(22)20-16/h3-9,11H,1-2H3,(H,19,20,22)/t11-/m0/s1. The normalized spacial score (nSPS) is 11.9. The molecule has 1 aromatic heterocycles. The van der Waals surface area contributed by atoms with Crippen LogP contribution in [0.3, 0.4) is 0 Å². The molecule has 1 N–H and O–H groups in total. The summed E-state index contributed by atoms with van der Waals surface area (Å²) < 4.78 is 5.35. The topological polar surface area (TPSA) is 115 Å². The van der Waals surface area contributed by atoms with Gasteiger partial charge in [-0.2, -0.15) is 0 Å². The van der Waals surface area contributed by atoms with Crippen LogP contribution in [0.2, 0.25) is 0 Å². The van der Waals surface area contributed by atoms with Crippen LogP contribution in [0, 0.1) is 17.0 Å². The number of H-pyrrole nitrogens is 1. The average Bonchev–Trinajstić information content (AvgIpc) is 2.61. The van der Waals surface area contributed by atoms with Crippen LogP contribution in [0.4, 0.5) is 5.69 Å². The molecule has 0 saturated heterocycles. The van der Waals surface area contributed by atoms with Gasteiger partial charge in [-0.1, -0.05) is 18.2 Å². The van der Waals surface area contributed by atoms with Gasteiger partial charge in [0.25, 0.3) is 11.2 Å². The fraction of sp³-hybridized carbons (Fsp3) is 0.167. The van der Waals surface area contributed by atoms with Crippen LogP contribution in [0.15, 0.2) is 47.3 Å². The third kappa shape index (κ3) is 3.16. The van der Waals surface area contributed by atoms with E-state index in [-0.39, 0.29) is 28.2 Å². The summed E-state index contributed by atoms with van der Waals surface area (Å²) in [6.45, 7) is 3.05. The number of carbonyl (C=O) groups is 1. The van der Waals surface area contributed by atoms with Crippen molar-refractivity contribution in [2.75, 3.05) is 0 Å². The molecule has 0 aliphatic rings. The molecular formula is C18H15N3O5. The molecule has 0 amide bonds. The monoisotopic (exact) mass is 353 g/mol. The van der Waals surface area contributed by atoms with E-state index in [1.807, 2.05) is 0 Å². The van der Waals surface area contributed by atoms with Gasteiger partial charge in [0.1, 0.15) is 0 Å². The molecule has 1 atom stereocenters. The van der Waals surface area contributed by atoms with Crippen molar-refractivity contribution in [1.82, 2.24) is 9.97 Å². The van der Waals surface area contributed by atoms with E-state index in [0.29, 0.717) is 10.9 Å². The molecule has 8 heteroatoms. The van der Waals surface area contributed by atoms with Crippen LogP contribution >= 0.6 is 0 Å². The first kappa shape index (κ1) is 17.3. The van der Waals surface area contributed by atoms with Crippen molar-refractivity contribution in [3.63, 3.8) is 0 Å². The summed E-state index contributed by atoms with van der Waals surface area (Å²) in [5, 5.41) is 11.4. The number of nitro groups is 1. The number of fused-ring (bicyclic) bond motifs is 1. The fourth-order valence-electron chi connectivity index (χ4n) is 2.62. The lowest BCUT2D eigenvalue weighted by molar-refractivity contribution is -0.385. The number of nitrogens with zero attached hydrogens (tertiary/aromatic N) is 2. The molecule has 3 rings (SSSR count). The lowest BCUT2D eigenvalue weighted by Crippen LogP contribution is -2.18. The highest BCUT2D eigenvalue weighted by atomic mass is 16.6. The summed E-state index contributed by atoms with van der Waals surface area (Å²) in [5.41, 5.74) is 0.300. The largest absolute Gasteiger partial charge is 0.451 e. The highest BCUT2D eigenvalue weighted by molar-refractivity contribution is 5.92. The predicted octanol–water partition coefficient (Wildman–Crippen LogP) is 3.06. The van der Waals surface area contributed by atoms with Gasteiger partial charge in [-0.3, -0.25) is 14.9 Å². The molecule has 0 saturated carbocycles. The quantitative estimate of drug-likeness (QED) is 0.438. The smallest absolute Gasteiger partial charge is 0.339 e. The fourth-order valence-corrected chi connectivity index (χ4v) is 2.62. The van der Waals surface area contributed by atoms with Crippen molar-refractivity contribution in [2.45, 2.75) is 20.0 Å². The molecule has 132 valence electrons. The van der Waals surface area contributed by atoms with Crippen LogP contribution in [-0.4, -0.2) is 20.9 Å². The zero-order valence-electron chi connectivity index (χ0n) is 14.1. The number of ether oxygens (including phenoxy) is 1. The maximum Gasteiger partial charge on any atom is 0.339 e. The Labute approximate surface area is 147 Å². The first-order chi connectivity index (χ1) is 12.4. The Morgan fingerprint density at radius 2 is 1.96 bits per heavy atom. The van der Waals surface area contributed by atoms with Crippen molar-refractivity contribution in [3.05, 3.63) is 79.9 Å². The number of carbonyl (C=O) groups excluding carboxylic acids is 1. The van der Waals surface area contributed by atoms with Gasteiger partial charge in [-0.05, 0) is 32.0 Å². The zero-order valence-corrected chi connectivity index (χ0v) is 14.1. The molecule has 2 aromatic carbocycles. The lowest BCUT2D eigenvalue weighted by Gasteiger charge is -2.14. The van der Waals surface area contributed by atoms with Gasteiger partial charge in [0.15, 0.2) is 11.9 Å². The zero-order chi connectivity index (χ0) is 18.8. The number of hydrogen-bond donors (Lipinski definition) is 1. The summed E-state index contributed by atoms with van der Waals surface area (Å²) in [5.74, 6) is -0.528. The summed E-state index contributed by atoms with van der Waals surface area (Å²) >= 11 is 0. The van der Waals surface area contributed by atoms with Crippen molar-refractivity contribution in [3.8, 4) is 0 Å².